The third-order valence-electron chi connectivity index (χ3n) is 6.43. The molecule has 28 heavy (non-hydrogen) atoms. The van der Waals surface area contributed by atoms with Crippen molar-refractivity contribution in [3.63, 3.8) is 0 Å². The molecular weight excluding hydrogens is 352 g/mol. The Morgan fingerprint density at radius 2 is 1.36 bits per heavy atom. The summed E-state index contributed by atoms with van der Waals surface area (Å²) in [5, 5.41) is 11.1. The highest BCUT2D eigenvalue weighted by Gasteiger charge is 2.43. The lowest BCUT2D eigenvalue weighted by Gasteiger charge is -2.42. The lowest BCUT2D eigenvalue weighted by Crippen LogP contribution is -2.35. The van der Waals surface area contributed by atoms with Gasteiger partial charge in [0.25, 0.3) is 0 Å². The van der Waals surface area contributed by atoms with E-state index in [2.05, 4.69) is 45.9 Å². The Labute approximate surface area is 166 Å². The topological polar surface area (TPSA) is 58.6 Å². The second-order valence-corrected chi connectivity index (χ2v) is 9.21. The van der Waals surface area contributed by atoms with E-state index < -0.39 is 11.8 Å². The number of hydrogen-bond acceptors (Lipinski definition) is 4. The molecule has 0 saturated carbocycles. The fourth-order valence-corrected chi connectivity index (χ4v) is 4.53. The molecule has 0 spiro atoms. The van der Waals surface area contributed by atoms with Gasteiger partial charge in [0.15, 0.2) is 0 Å². The summed E-state index contributed by atoms with van der Waals surface area (Å²) in [4.78, 5) is 11.1. The molecule has 1 aliphatic heterocycles. The number of aromatic carboxylic acids is 1. The molecule has 0 bridgehead atoms. The summed E-state index contributed by atoms with van der Waals surface area (Å²) in [6.07, 6.45) is 2.29. The Kier molecular flexibility index (Phi) is 4.40. The molecule has 2 aromatic rings. The Morgan fingerprint density at radius 1 is 0.821 bits per heavy atom. The minimum atomic E-state index is -1.19. The Bertz CT molecular complexity index is 903. The van der Waals surface area contributed by atoms with Gasteiger partial charge in [0.05, 0.1) is 19.2 Å². The van der Waals surface area contributed by atoms with Gasteiger partial charge in [-0.05, 0) is 46.4 Å². The molecule has 0 radical (unpaired) electrons. The van der Waals surface area contributed by atoms with Crippen molar-refractivity contribution in [3.8, 4) is 0 Å². The number of rotatable bonds is 3. The normalized spacial score (nSPS) is 21.9. The monoisotopic (exact) mass is 379 g/mol. The van der Waals surface area contributed by atoms with Gasteiger partial charge < -0.3 is 19.4 Å². The molecule has 0 N–H and O–H groups in total. The summed E-state index contributed by atoms with van der Waals surface area (Å²) in [5.74, 6) is -2.19. The van der Waals surface area contributed by atoms with Crippen LogP contribution < -0.4 is 5.11 Å². The molecular formula is C24H27O4-. The molecule has 1 saturated heterocycles. The highest BCUT2D eigenvalue weighted by molar-refractivity contribution is 5.85. The molecule has 0 unspecified atom stereocenters. The highest BCUT2D eigenvalue weighted by atomic mass is 16.7. The number of carboxylic acids is 1. The van der Waals surface area contributed by atoms with Crippen molar-refractivity contribution in [2.24, 2.45) is 0 Å². The van der Waals surface area contributed by atoms with E-state index in [4.69, 9.17) is 9.47 Å². The van der Waals surface area contributed by atoms with Crippen molar-refractivity contribution in [3.05, 3.63) is 70.3 Å². The summed E-state index contributed by atoms with van der Waals surface area (Å²) in [5.41, 5.74) is 4.84. The molecule has 1 fully saturated rings. The maximum absolute atomic E-state index is 11.1. The number of carbonyl (C=O) groups excluding carboxylic acids is 1. The number of ether oxygens (including phenoxy) is 2. The molecule has 2 aliphatic rings. The van der Waals surface area contributed by atoms with Crippen LogP contribution in [-0.2, 0) is 26.1 Å². The van der Waals surface area contributed by atoms with Crippen LogP contribution in [0.15, 0.2) is 42.5 Å². The van der Waals surface area contributed by atoms with Crippen molar-refractivity contribution < 1.29 is 19.4 Å². The largest absolute Gasteiger partial charge is 0.545 e. The van der Waals surface area contributed by atoms with E-state index in [1.807, 2.05) is 0 Å². The summed E-state index contributed by atoms with van der Waals surface area (Å²) in [7, 11) is 0. The number of hydrogen-bond donors (Lipinski definition) is 0. The highest BCUT2D eigenvalue weighted by Crippen LogP contribution is 2.48. The fraction of sp³-hybridized carbons (Fsp3) is 0.458. The zero-order chi connectivity index (χ0) is 20.2. The van der Waals surface area contributed by atoms with E-state index in [0.29, 0.717) is 13.2 Å². The minimum absolute atomic E-state index is 0.0828. The third-order valence-corrected chi connectivity index (χ3v) is 6.43. The van der Waals surface area contributed by atoms with Crippen LogP contribution in [0.5, 0.6) is 0 Å². The second-order valence-electron chi connectivity index (χ2n) is 9.21. The summed E-state index contributed by atoms with van der Waals surface area (Å²) in [6.45, 7) is 10.2. The van der Waals surface area contributed by atoms with Crippen LogP contribution in [0.3, 0.4) is 0 Å². The van der Waals surface area contributed by atoms with Crippen LogP contribution in [0.2, 0.25) is 0 Å². The Balaban J connectivity index is 1.84. The zero-order valence-electron chi connectivity index (χ0n) is 17.0. The maximum atomic E-state index is 11.1. The first-order valence-corrected chi connectivity index (χ1v) is 9.91. The molecule has 0 amide bonds. The quantitative estimate of drug-likeness (QED) is 0.817. The van der Waals surface area contributed by atoms with Crippen molar-refractivity contribution in [1.29, 1.82) is 0 Å². The smallest absolute Gasteiger partial charge is 0.222 e. The van der Waals surface area contributed by atoms with E-state index in [1.54, 1.807) is 24.3 Å². The lowest BCUT2D eigenvalue weighted by atomic mass is 9.62. The van der Waals surface area contributed by atoms with Gasteiger partial charge in [-0.2, -0.15) is 0 Å². The molecule has 4 heteroatoms. The van der Waals surface area contributed by atoms with Crippen molar-refractivity contribution >= 4 is 5.97 Å². The molecule has 1 aliphatic carbocycles. The van der Waals surface area contributed by atoms with Crippen LogP contribution in [0.25, 0.3) is 0 Å². The molecule has 4 nitrogen and oxygen atoms in total. The number of fused-ring (bicyclic) bond motifs is 1. The van der Waals surface area contributed by atoms with E-state index >= 15 is 0 Å². The van der Waals surface area contributed by atoms with Gasteiger partial charge in [0.1, 0.15) is 0 Å². The average molecular weight is 379 g/mol. The van der Waals surface area contributed by atoms with Gasteiger partial charge in [-0.15, -0.1) is 0 Å². The van der Waals surface area contributed by atoms with Crippen molar-refractivity contribution in [1.82, 2.24) is 0 Å². The first kappa shape index (κ1) is 19.2. The average Bonchev–Trinajstić information content (AvgIpc) is 3.16. The minimum Gasteiger partial charge on any atom is -0.545 e. The predicted octanol–water partition coefficient (Wildman–Crippen LogP) is 3.65. The Morgan fingerprint density at radius 3 is 1.93 bits per heavy atom. The molecule has 2 aromatic carbocycles. The zero-order valence-corrected chi connectivity index (χ0v) is 17.0. The molecule has 1 heterocycles. The van der Waals surface area contributed by atoms with E-state index in [9.17, 15) is 9.90 Å². The SMILES string of the molecule is CC1(C)CCC(C)(C)c2cc(C3(c4ccc(C(=O)[O-])cc4)OCCO3)ccc21. The summed E-state index contributed by atoms with van der Waals surface area (Å²) < 4.78 is 12.3. The van der Waals surface area contributed by atoms with Crippen LogP contribution in [-0.4, -0.2) is 19.2 Å². The van der Waals surface area contributed by atoms with Crippen LogP contribution in [0.4, 0.5) is 0 Å². The summed E-state index contributed by atoms with van der Waals surface area (Å²) in [6, 6.07) is 13.1. The molecule has 148 valence electrons. The fourth-order valence-electron chi connectivity index (χ4n) is 4.53. The van der Waals surface area contributed by atoms with Gasteiger partial charge in [0, 0.05) is 11.1 Å². The van der Waals surface area contributed by atoms with Gasteiger partial charge in [-0.1, -0.05) is 64.1 Å². The number of carbonyl (C=O) groups is 1. The molecule has 4 rings (SSSR count). The second kappa shape index (κ2) is 6.43. The van der Waals surface area contributed by atoms with E-state index in [0.717, 1.165) is 24.0 Å². The van der Waals surface area contributed by atoms with Gasteiger partial charge in [0.2, 0.25) is 5.79 Å². The molecule has 0 aromatic heterocycles. The van der Waals surface area contributed by atoms with Crippen LogP contribution >= 0.6 is 0 Å². The van der Waals surface area contributed by atoms with Crippen molar-refractivity contribution in [2.45, 2.75) is 57.2 Å². The Hall–Kier alpha value is -2.17. The standard InChI is InChI=1S/C24H28O4/c1-22(2)11-12-23(3,4)20-15-18(9-10-19(20)22)24(27-13-14-28-24)17-7-5-16(6-8-17)21(25)26/h5-10,15H,11-14H2,1-4H3,(H,25,26)/p-1. The summed E-state index contributed by atoms with van der Waals surface area (Å²) >= 11 is 0. The first-order chi connectivity index (χ1) is 13.2. The van der Waals surface area contributed by atoms with E-state index in [-0.39, 0.29) is 16.4 Å². The number of carboxylic acid groups (broad SMARTS) is 1. The van der Waals surface area contributed by atoms with Gasteiger partial charge >= 0.3 is 0 Å². The lowest BCUT2D eigenvalue weighted by molar-refractivity contribution is -0.255. The van der Waals surface area contributed by atoms with Gasteiger partial charge in [-0.3, -0.25) is 0 Å². The molecule has 0 atom stereocenters. The third kappa shape index (κ3) is 2.96. The number of benzene rings is 2. The van der Waals surface area contributed by atoms with E-state index in [1.165, 1.54) is 11.1 Å². The van der Waals surface area contributed by atoms with Crippen LogP contribution in [0, 0.1) is 0 Å². The maximum Gasteiger partial charge on any atom is 0.222 e. The first-order valence-electron chi connectivity index (χ1n) is 9.91. The van der Waals surface area contributed by atoms with Gasteiger partial charge in [-0.25, -0.2) is 0 Å². The predicted molar refractivity (Wildman–Crippen MR) is 105 cm³/mol. The van der Waals surface area contributed by atoms with Crippen LogP contribution in [0.1, 0.15) is 73.1 Å². The van der Waals surface area contributed by atoms with Crippen molar-refractivity contribution in [2.75, 3.05) is 13.2 Å².